The molecule has 1 saturated carbocycles. The third kappa shape index (κ3) is 5.28. The summed E-state index contributed by atoms with van der Waals surface area (Å²) >= 11 is 0. The quantitative estimate of drug-likeness (QED) is 0.594. The van der Waals surface area contributed by atoms with Crippen molar-refractivity contribution in [2.75, 3.05) is 13.1 Å². The van der Waals surface area contributed by atoms with E-state index in [9.17, 15) is 14.4 Å². The molecule has 0 bridgehead atoms. The molecule has 0 aromatic heterocycles. The predicted octanol–water partition coefficient (Wildman–Crippen LogP) is 0.376. The van der Waals surface area contributed by atoms with Crippen LogP contribution in [0.5, 0.6) is 0 Å². The third-order valence-corrected chi connectivity index (χ3v) is 3.49. The van der Waals surface area contributed by atoms with Crippen LogP contribution in [0.4, 0.5) is 0 Å². The van der Waals surface area contributed by atoms with Gasteiger partial charge in [-0.15, -0.1) is 0 Å². The monoisotopic (exact) mass is 270 g/mol. The Kier molecular flexibility index (Phi) is 5.79. The van der Waals surface area contributed by atoms with Gasteiger partial charge in [-0.3, -0.25) is 14.4 Å². The second-order valence-corrected chi connectivity index (χ2v) is 5.11. The lowest BCUT2D eigenvalue weighted by Gasteiger charge is -2.11. The van der Waals surface area contributed by atoms with Crippen molar-refractivity contribution in [2.45, 2.75) is 33.1 Å². The summed E-state index contributed by atoms with van der Waals surface area (Å²) in [4.78, 5) is 33.7. The Morgan fingerprint density at radius 1 is 1.32 bits per heavy atom. The molecule has 3 unspecified atom stereocenters. The molecule has 0 heterocycles. The van der Waals surface area contributed by atoms with Crippen LogP contribution in [0.1, 0.15) is 33.1 Å². The van der Waals surface area contributed by atoms with Crippen molar-refractivity contribution < 1.29 is 19.5 Å². The molecule has 3 atom stereocenters. The minimum absolute atomic E-state index is 0.0114. The SMILES string of the molecule is CCC(CNC(=O)CCNC(=O)C1CC1C)C(=O)O. The van der Waals surface area contributed by atoms with E-state index in [0.29, 0.717) is 18.9 Å². The normalized spacial score (nSPS) is 22.4. The first kappa shape index (κ1) is 15.5. The van der Waals surface area contributed by atoms with Gasteiger partial charge in [-0.1, -0.05) is 13.8 Å². The number of carbonyl (C=O) groups is 3. The maximum atomic E-state index is 11.5. The van der Waals surface area contributed by atoms with Crippen molar-refractivity contribution >= 4 is 17.8 Å². The highest BCUT2D eigenvalue weighted by Crippen LogP contribution is 2.37. The summed E-state index contributed by atoms with van der Waals surface area (Å²) in [5.41, 5.74) is 0. The van der Waals surface area contributed by atoms with Crippen molar-refractivity contribution in [1.82, 2.24) is 10.6 Å². The van der Waals surface area contributed by atoms with Crippen molar-refractivity contribution in [3.05, 3.63) is 0 Å². The molecule has 0 aromatic rings. The highest BCUT2D eigenvalue weighted by atomic mass is 16.4. The van der Waals surface area contributed by atoms with Gasteiger partial charge in [0, 0.05) is 25.4 Å². The van der Waals surface area contributed by atoms with Gasteiger partial charge in [0.25, 0.3) is 0 Å². The molecule has 2 amide bonds. The minimum atomic E-state index is -0.904. The van der Waals surface area contributed by atoms with Gasteiger partial charge in [0.2, 0.25) is 11.8 Å². The number of carboxylic acids is 1. The van der Waals surface area contributed by atoms with Crippen LogP contribution in [-0.2, 0) is 14.4 Å². The van der Waals surface area contributed by atoms with Gasteiger partial charge in [0.15, 0.2) is 0 Å². The highest BCUT2D eigenvalue weighted by Gasteiger charge is 2.38. The molecular weight excluding hydrogens is 248 g/mol. The molecule has 6 heteroatoms. The van der Waals surface area contributed by atoms with Gasteiger partial charge in [-0.25, -0.2) is 0 Å². The molecule has 108 valence electrons. The maximum absolute atomic E-state index is 11.5. The second kappa shape index (κ2) is 7.11. The van der Waals surface area contributed by atoms with Gasteiger partial charge < -0.3 is 15.7 Å². The number of carbonyl (C=O) groups excluding carboxylic acids is 2. The van der Waals surface area contributed by atoms with Crippen LogP contribution in [0.25, 0.3) is 0 Å². The van der Waals surface area contributed by atoms with Gasteiger partial charge in [0.1, 0.15) is 0 Å². The Bertz CT molecular complexity index is 357. The summed E-state index contributed by atoms with van der Waals surface area (Å²) in [5.74, 6) is -1.11. The number of carboxylic acid groups (broad SMARTS) is 1. The van der Waals surface area contributed by atoms with Gasteiger partial charge in [0.05, 0.1) is 5.92 Å². The first-order chi connectivity index (χ1) is 8.95. The van der Waals surface area contributed by atoms with Gasteiger partial charge >= 0.3 is 5.97 Å². The van der Waals surface area contributed by atoms with Crippen LogP contribution >= 0.6 is 0 Å². The molecule has 1 rings (SSSR count). The van der Waals surface area contributed by atoms with Crippen LogP contribution in [0.3, 0.4) is 0 Å². The molecule has 0 saturated heterocycles. The number of hydrogen-bond donors (Lipinski definition) is 3. The van der Waals surface area contributed by atoms with Crippen molar-refractivity contribution in [3.8, 4) is 0 Å². The highest BCUT2D eigenvalue weighted by molar-refractivity contribution is 5.82. The summed E-state index contributed by atoms with van der Waals surface area (Å²) in [6.07, 6.45) is 1.59. The molecule has 0 spiro atoms. The lowest BCUT2D eigenvalue weighted by molar-refractivity contribution is -0.141. The van der Waals surface area contributed by atoms with Crippen LogP contribution in [0.2, 0.25) is 0 Å². The fourth-order valence-corrected chi connectivity index (χ4v) is 1.85. The van der Waals surface area contributed by atoms with E-state index in [-0.39, 0.29) is 30.7 Å². The van der Waals surface area contributed by atoms with E-state index in [1.165, 1.54) is 0 Å². The number of hydrogen-bond acceptors (Lipinski definition) is 3. The van der Waals surface area contributed by atoms with Crippen molar-refractivity contribution in [2.24, 2.45) is 17.8 Å². The average molecular weight is 270 g/mol. The van der Waals surface area contributed by atoms with E-state index in [2.05, 4.69) is 10.6 Å². The molecule has 1 fully saturated rings. The lowest BCUT2D eigenvalue weighted by atomic mass is 10.1. The largest absolute Gasteiger partial charge is 0.481 e. The number of aliphatic carboxylic acids is 1. The van der Waals surface area contributed by atoms with E-state index >= 15 is 0 Å². The Labute approximate surface area is 112 Å². The first-order valence-electron chi connectivity index (χ1n) is 6.72. The molecule has 1 aliphatic rings. The number of amides is 2. The molecule has 0 radical (unpaired) electrons. The fourth-order valence-electron chi connectivity index (χ4n) is 1.85. The Morgan fingerprint density at radius 3 is 2.42 bits per heavy atom. The van der Waals surface area contributed by atoms with Gasteiger partial charge in [-0.2, -0.15) is 0 Å². The summed E-state index contributed by atoms with van der Waals surface area (Å²) in [7, 11) is 0. The zero-order chi connectivity index (χ0) is 14.4. The van der Waals surface area contributed by atoms with Gasteiger partial charge in [-0.05, 0) is 18.8 Å². The molecule has 0 aliphatic heterocycles. The van der Waals surface area contributed by atoms with E-state index in [1.54, 1.807) is 6.92 Å². The number of nitrogens with one attached hydrogen (secondary N) is 2. The topological polar surface area (TPSA) is 95.5 Å². The minimum Gasteiger partial charge on any atom is -0.481 e. The zero-order valence-electron chi connectivity index (χ0n) is 11.4. The Balaban J connectivity index is 2.10. The molecule has 0 aromatic carbocycles. The third-order valence-electron chi connectivity index (χ3n) is 3.49. The molecule has 1 aliphatic carbocycles. The van der Waals surface area contributed by atoms with Crippen molar-refractivity contribution in [1.29, 1.82) is 0 Å². The van der Waals surface area contributed by atoms with E-state index in [4.69, 9.17) is 5.11 Å². The molecule has 3 N–H and O–H groups in total. The maximum Gasteiger partial charge on any atom is 0.308 e. The van der Waals surface area contributed by atoms with E-state index in [0.717, 1.165) is 6.42 Å². The van der Waals surface area contributed by atoms with Crippen LogP contribution in [0, 0.1) is 17.8 Å². The zero-order valence-corrected chi connectivity index (χ0v) is 11.4. The van der Waals surface area contributed by atoms with Crippen molar-refractivity contribution in [3.63, 3.8) is 0 Å². The summed E-state index contributed by atoms with van der Waals surface area (Å²) < 4.78 is 0. The predicted molar refractivity (Wildman–Crippen MR) is 69.3 cm³/mol. The van der Waals surface area contributed by atoms with E-state index in [1.807, 2.05) is 6.92 Å². The summed E-state index contributed by atoms with van der Waals surface area (Å²) in [6.45, 7) is 4.23. The number of rotatable bonds is 8. The summed E-state index contributed by atoms with van der Waals surface area (Å²) in [6, 6.07) is 0. The van der Waals surface area contributed by atoms with E-state index < -0.39 is 11.9 Å². The Hall–Kier alpha value is -1.59. The average Bonchev–Trinajstić information content (AvgIpc) is 3.06. The van der Waals surface area contributed by atoms with Crippen LogP contribution < -0.4 is 10.6 Å². The summed E-state index contributed by atoms with van der Waals surface area (Å²) in [5, 5.41) is 14.1. The fraction of sp³-hybridized carbons (Fsp3) is 0.769. The Morgan fingerprint density at radius 2 is 1.95 bits per heavy atom. The van der Waals surface area contributed by atoms with Crippen LogP contribution in [0.15, 0.2) is 0 Å². The first-order valence-corrected chi connectivity index (χ1v) is 6.72. The molecule has 6 nitrogen and oxygen atoms in total. The smallest absolute Gasteiger partial charge is 0.308 e. The second-order valence-electron chi connectivity index (χ2n) is 5.11. The molecule has 19 heavy (non-hydrogen) atoms. The lowest BCUT2D eigenvalue weighted by Crippen LogP contribution is -2.35. The standard InChI is InChI=1S/C13H22N2O4/c1-3-9(13(18)19)7-15-11(16)4-5-14-12(17)10-6-8(10)2/h8-10H,3-7H2,1-2H3,(H,14,17)(H,15,16)(H,18,19). The molecular formula is C13H22N2O4. The van der Waals surface area contributed by atoms with Crippen LogP contribution in [-0.4, -0.2) is 36.0 Å².